The first-order chi connectivity index (χ1) is 24.8. The minimum atomic E-state index is -1.27. The zero-order chi connectivity index (χ0) is 37.5. The van der Waals surface area contributed by atoms with E-state index in [1.165, 1.54) is 38.1 Å². The van der Waals surface area contributed by atoms with Crippen LogP contribution in [-0.2, 0) is 60.5 Å². The van der Waals surface area contributed by atoms with Crippen molar-refractivity contribution in [3.05, 3.63) is 101 Å². The third-order valence-corrected chi connectivity index (χ3v) is 9.06. The monoisotopic (exact) mass is 721 g/mol. The van der Waals surface area contributed by atoms with Crippen molar-refractivity contribution in [2.45, 2.75) is 89.9 Å². The number of nitrogens with zero attached hydrogens (tertiary/aromatic N) is 1. The maximum Gasteiger partial charge on any atom is 0.303 e. The third-order valence-electron chi connectivity index (χ3n) is 9.06. The Morgan fingerprint density at radius 3 is 1.75 bits per heavy atom. The van der Waals surface area contributed by atoms with Crippen molar-refractivity contribution in [3.8, 4) is 0 Å². The van der Waals surface area contributed by atoms with E-state index < -0.39 is 60.2 Å². The molecule has 2 fully saturated rings. The SMILES string of the molecule is CC(=O)OC[C@H]1O[C@@H](Cc2ccc([C@@H]3[C@@H](CCCc4ccc(F)cc4)C(=O)N3c3ccc(F)cc3)cc2)[C@H](OC(C)=O)[C@@H](OC(C)=O)[C@@H]1OC(C)=O. The van der Waals surface area contributed by atoms with E-state index in [-0.39, 0.29) is 36.7 Å². The Balaban J connectivity index is 1.39. The van der Waals surface area contributed by atoms with Gasteiger partial charge in [-0.15, -0.1) is 0 Å². The minimum absolute atomic E-state index is 0.0858. The summed E-state index contributed by atoms with van der Waals surface area (Å²) in [5, 5.41) is 0. The molecule has 0 radical (unpaired) electrons. The van der Waals surface area contributed by atoms with Crippen LogP contribution in [0.15, 0.2) is 72.8 Å². The smallest absolute Gasteiger partial charge is 0.303 e. The van der Waals surface area contributed by atoms with Gasteiger partial charge in [-0.05, 0) is 72.4 Å². The van der Waals surface area contributed by atoms with Gasteiger partial charge in [0.2, 0.25) is 5.91 Å². The second-order valence-electron chi connectivity index (χ2n) is 12.9. The molecule has 0 N–H and O–H groups in total. The number of benzene rings is 3. The van der Waals surface area contributed by atoms with E-state index in [0.717, 1.165) is 30.5 Å². The highest BCUT2D eigenvalue weighted by Crippen LogP contribution is 2.46. The number of hydrogen-bond donors (Lipinski definition) is 0. The van der Waals surface area contributed by atoms with Gasteiger partial charge in [-0.3, -0.25) is 24.0 Å². The topological polar surface area (TPSA) is 135 Å². The van der Waals surface area contributed by atoms with Crippen LogP contribution in [0.4, 0.5) is 14.5 Å². The van der Waals surface area contributed by atoms with Crippen molar-refractivity contribution in [3.63, 3.8) is 0 Å². The first-order valence-corrected chi connectivity index (χ1v) is 17.0. The minimum Gasteiger partial charge on any atom is -0.463 e. The number of ether oxygens (including phenoxy) is 5. The van der Waals surface area contributed by atoms with Gasteiger partial charge in [0.15, 0.2) is 18.3 Å². The van der Waals surface area contributed by atoms with Crippen LogP contribution < -0.4 is 4.90 Å². The molecule has 3 aromatic carbocycles. The first-order valence-electron chi connectivity index (χ1n) is 17.0. The highest BCUT2D eigenvalue weighted by Gasteiger charge is 2.52. The summed E-state index contributed by atoms with van der Waals surface area (Å²) in [4.78, 5) is 63.4. The van der Waals surface area contributed by atoms with Crippen LogP contribution in [0.25, 0.3) is 0 Å². The van der Waals surface area contributed by atoms with Crippen molar-refractivity contribution in [1.82, 2.24) is 0 Å². The van der Waals surface area contributed by atoms with Crippen molar-refractivity contribution in [2.24, 2.45) is 5.92 Å². The number of aryl methyl sites for hydroxylation is 1. The maximum absolute atomic E-state index is 13.8. The van der Waals surface area contributed by atoms with E-state index in [2.05, 4.69) is 0 Å². The van der Waals surface area contributed by atoms with Gasteiger partial charge < -0.3 is 28.6 Å². The van der Waals surface area contributed by atoms with E-state index in [0.29, 0.717) is 24.9 Å². The lowest BCUT2D eigenvalue weighted by Crippen LogP contribution is -2.62. The van der Waals surface area contributed by atoms with Crippen LogP contribution in [0.5, 0.6) is 0 Å². The van der Waals surface area contributed by atoms with Crippen molar-refractivity contribution in [1.29, 1.82) is 0 Å². The summed E-state index contributed by atoms with van der Waals surface area (Å²) in [5.74, 6) is -3.90. The van der Waals surface area contributed by atoms with E-state index in [4.69, 9.17) is 23.7 Å². The number of β-lactam (4-membered cyclic amide) rings is 1. The fraction of sp³-hybridized carbons (Fsp3) is 0.410. The van der Waals surface area contributed by atoms with Gasteiger partial charge >= 0.3 is 23.9 Å². The van der Waals surface area contributed by atoms with Crippen molar-refractivity contribution >= 4 is 35.5 Å². The molecule has 2 saturated heterocycles. The van der Waals surface area contributed by atoms with Gasteiger partial charge in [0, 0.05) is 39.8 Å². The lowest BCUT2D eigenvalue weighted by molar-refractivity contribution is -0.252. The van der Waals surface area contributed by atoms with E-state index >= 15 is 0 Å². The fourth-order valence-corrected chi connectivity index (χ4v) is 6.84. The molecular formula is C39H41F2NO10. The van der Waals surface area contributed by atoms with Crippen molar-refractivity contribution in [2.75, 3.05) is 11.5 Å². The predicted octanol–water partition coefficient (Wildman–Crippen LogP) is 5.36. The molecule has 0 bridgehead atoms. The van der Waals surface area contributed by atoms with Gasteiger partial charge in [0.1, 0.15) is 30.4 Å². The zero-order valence-electron chi connectivity index (χ0n) is 29.3. The van der Waals surface area contributed by atoms with Gasteiger partial charge in [0.25, 0.3) is 0 Å². The molecule has 1 amide bonds. The van der Waals surface area contributed by atoms with Crippen LogP contribution in [0.2, 0.25) is 0 Å². The molecule has 0 saturated carbocycles. The van der Waals surface area contributed by atoms with Crippen LogP contribution in [0.1, 0.15) is 63.3 Å². The van der Waals surface area contributed by atoms with E-state index in [1.54, 1.807) is 29.2 Å². The summed E-state index contributed by atoms with van der Waals surface area (Å²) >= 11 is 0. The summed E-state index contributed by atoms with van der Waals surface area (Å²) < 4.78 is 55.2. The Morgan fingerprint density at radius 1 is 0.673 bits per heavy atom. The molecule has 0 unspecified atom stereocenters. The molecule has 0 spiro atoms. The number of anilines is 1. The van der Waals surface area contributed by atoms with Gasteiger partial charge in [0.05, 0.1) is 12.0 Å². The maximum atomic E-state index is 13.8. The highest BCUT2D eigenvalue weighted by molar-refractivity contribution is 6.03. The molecule has 0 aromatic heterocycles. The molecule has 2 heterocycles. The third kappa shape index (κ3) is 9.38. The molecule has 276 valence electrons. The summed E-state index contributed by atoms with van der Waals surface area (Å²) in [6.07, 6.45) is -3.62. The second kappa shape index (κ2) is 16.9. The normalized spacial score (nSPS) is 24.0. The average Bonchev–Trinajstić information content (AvgIpc) is 3.08. The number of amides is 1. The largest absolute Gasteiger partial charge is 0.463 e. The summed E-state index contributed by atoms with van der Waals surface area (Å²) in [7, 11) is 0. The first kappa shape index (κ1) is 38.1. The molecule has 3 aromatic rings. The van der Waals surface area contributed by atoms with Crippen molar-refractivity contribution < 1.29 is 56.4 Å². The van der Waals surface area contributed by atoms with Gasteiger partial charge in [-0.25, -0.2) is 8.78 Å². The molecule has 2 aliphatic rings. The zero-order valence-corrected chi connectivity index (χ0v) is 29.3. The molecule has 7 atom stereocenters. The lowest BCUT2D eigenvalue weighted by atomic mass is 9.78. The summed E-state index contributed by atoms with van der Waals surface area (Å²) in [6.45, 7) is 4.38. The number of esters is 4. The lowest BCUT2D eigenvalue weighted by Gasteiger charge is -2.48. The van der Waals surface area contributed by atoms with Gasteiger partial charge in [-0.1, -0.05) is 36.4 Å². The summed E-state index contributed by atoms with van der Waals surface area (Å²) in [6, 6.07) is 19.1. The number of carbonyl (C=O) groups excluding carboxylic acids is 5. The van der Waals surface area contributed by atoms with E-state index in [9.17, 15) is 32.8 Å². The number of rotatable bonds is 13. The average molecular weight is 722 g/mol. The van der Waals surface area contributed by atoms with E-state index in [1.807, 2.05) is 24.3 Å². The number of halogens is 2. The Hall–Kier alpha value is -5.17. The molecule has 11 nitrogen and oxygen atoms in total. The molecule has 0 aliphatic carbocycles. The van der Waals surface area contributed by atoms with Gasteiger partial charge in [-0.2, -0.15) is 0 Å². The Labute approximate surface area is 300 Å². The number of carbonyl (C=O) groups is 5. The molecule has 52 heavy (non-hydrogen) atoms. The summed E-state index contributed by atoms with van der Waals surface area (Å²) in [5.41, 5.74) is 3.09. The standard InChI is InChI=1S/C39H41F2NO10/c1-22(43)48-21-34-37(50-24(3)45)38(51-25(4)46)36(49-23(2)44)33(52-34)20-27-8-12-28(13-9-27)35-32(7-5-6-26-10-14-29(40)15-11-26)39(47)42(35)31-18-16-30(41)17-19-31/h8-19,32-38H,5-7,20-21H2,1-4H3/t32-,33+,34-,35-,36+,37-,38-/m1/s1. The quantitative estimate of drug-likeness (QED) is 0.129. The van der Waals surface area contributed by atoms with Crippen LogP contribution in [0, 0.1) is 17.6 Å². The number of hydrogen-bond acceptors (Lipinski definition) is 10. The van der Waals surface area contributed by atoms with Crippen LogP contribution in [0.3, 0.4) is 0 Å². The van der Waals surface area contributed by atoms with Crippen LogP contribution in [-0.4, -0.2) is 66.9 Å². The molecule has 13 heteroatoms. The highest BCUT2D eigenvalue weighted by atomic mass is 19.1. The fourth-order valence-electron chi connectivity index (χ4n) is 6.84. The molecule has 2 aliphatic heterocycles. The Bertz CT molecular complexity index is 1750. The molecule has 5 rings (SSSR count). The predicted molar refractivity (Wildman–Crippen MR) is 182 cm³/mol. The molecular weight excluding hydrogens is 680 g/mol. The Morgan fingerprint density at radius 2 is 1.19 bits per heavy atom. The van der Waals surface area contributed by atoms with Crippen LogP contribution >= 0.6 is 0 Å². The second-order valence-corrected chi connectivity index (χ2v) is 12.9. The Kier molecular flexibility index (Phi) is 12.4.